The summed E-state index contributed by atoms with van der Waals surface area (Å²) in [7, 11) is 0. The molecule has 0 amide bonds. The van der Waals surface area contributed by atoms with Gasteiger partial charge in [0.2, 0.25) is 0 Å². The maximum Gasteiger partial charge on any atom is 0.125 e. The van der Waals surface area contributed by atoms with Crippen molar-refractivity contribution < 1.29 is 0 Å². The van der Waals surface area contributed by atoms with E-state index in [1.165, 1.54) is 18.1 Å². The van der Waals surface area contributed by atoms with Crippen LogP contribution in [0.4, 0.5) is 0 Å². The Morgan fingerprint density at radius 3 is 2.76 bits per heavy atom. The van der Waals surface area contributed by atoms with Crippen molar-refractivity contribution in [2.75, 3.05) is 0 Å². The van der Waals surface area contributed by atoms with Gasteiger partial charge >= 0.3 is 0 Å². The predicted octanol–water partition coefficient (Wildman–Crippen LogP) is 1.62. The molecule has 0 atom stereocenters. The van der Waals surface area contributed by atoms with E-state index in [-0.39, 0.29) is 5.84 Å². The summed E-state index contributed by atoms with van der Waals surface area (Å²) in [6.07, 6.45) is 4.84. The molecule has 0 radical (unpaired) electrons. The highest BCUT2D eigenvalue weighted by Crippen LogP contribution is 2.27. The molecule has 17 heavy (non-hydrogen) atoms. The van der Waals surface area contributed by atoms with Crippen LogP contribution in [0.1, 0.15) is 11.1 Å². The van der Waals surface area contributed by atoms with Crippen molar-refractivity contribution in [3.05, 3.63) is 42.0 Å². The van der Waals surface area contributed by atoms with Gasteiger partial charge < -0.3 is 5.73 Å². The van der Waals surface area contributed by atoms with Crippen LogP contribution in [0.2, 0.25) is 0 Å². The summed E-state index contributed by atoms with van der Waals surface area (Å²) in [5.74, 6) is 0.0205. The molecule has 2 aromatic heterocycles. The van der Waals surface area contributed by atoms with Crippen molar-refractivity contribution in [2.45, 2.75) is 17.0 Å². The van der Waals surface area contributed by atoms with Crippen LogP contribution in [0.15, 0.2) is 40.9 Å². The van der Waals surface area contributed by atoms with Gasteiger partial charge in [0.1, 0.15) is 22.2 Å². The van der Waals surface area contributed by atoms with Crippen LogP contribution in [-0.4, -0.2) is 20.8 Å². The van der Waals surface area contributed by atoms with E-state index in [4.69, 9.17) is 11.1 Å². The third-order valence-corrected chi connectivity index (χ3v) is 3.10. The maximum atomic E-state index is 7.57. The minimum absolute atomic E-state index is 0.0205. The molecule has 0 aliphatic rings. The molecule has 0 fully saturated rings. The Hall–Kier alpha value is -1.95. The number of amidine groups is 1. The van der Waals surface area contributed by atoms with Gasteiger partial charge in [0.05, 0.1) is 5.56 Å². The fourth-order valence-electron chi connectivity index (χ4n) is 1.38. The third kappa shape index (κ3) is 2.59. The second kappa shape index (κ2) is 4.92. The molecule has 0 spiro atoms. The van der Waals surface area contributed by atoms with Crippen LogP contribution in [-0.2, 0) is 0 Å². The Morgan fingerprint density at radius 1 is 1.29 bits per heavy atom. The average molecular weight is 245 g/mol. The Morgan fingerprint density at radius 2 is 2.12 bits per heavy atom. The average Bonchev–Trinajstić information content (AvgIpc) is 2.30. The number of hydrogen-bond donors (Lipinski definition) is 2. The number of aromatic nitrogens is 3. The van der Waals surface area contributed by atoms with Crippen molar-refractivity contribution in [1.82, 2.24) is 15.0 Å². The first-order valence-corrected chi connectivity index (χ1v) is 5.74. The number of pyridine rings is 1. The van der Waals surface area contributed by atoms with Crippen molar-refractivity contribution in [3.63, 3.8) is 0 Å². The largest absolute Gasteiger partial charge is 0.384 e. The van der Waals surface area contributed by atoms with Crippen molar-refractivity contribution in [1.29, 1.82) is 5.41 Å². The highest BCUT2D eigenvalue weighted by Gasteiger charge is 2.11. The first-order chi connectivity index (χ1) is 8.18. The number of aryl methyl sites for hydroxylation is 1. The molecule has 0 aliphatic carbocycles. The Bertz CT molecular complexity index is 541. The molecule has 5 nitrogen and oxygen atoms in total. The quantitative estimate of drug-likeness (QED) is 0.487. The van der Waals surface area contributed by atoms with E-state index in [0.29, 0.717) is 10.6 Å². The number of hydrogen-bond acceptors (Lipinski definition) is 5. The normalized spacial score (nSPS) is 10.2. The summed E-state index contributed by atoms with van der Waals surface area (Å²) < 4.78 is 0. The lowest BCUT2D eigenvalue weighted by Crippen LogP contribution is -2.14. The monoisotopic (exact) mass is 245 g/mol. The minimum atomic E-state index is 0.0205. The van der Waals surface area contributed by atoms with Crippen LogP contribution in [0.5, 0.6) is 0 Å². The second-order valence-corrected chi connectivity index (χ2v) is 4.38. The van der Waals surface area contributed by atoms with Gasteiger partial charge in [-0.2, -0.15) is 0 Å². The van der Waals surface area contributed by atoms with Crippen LogP contribution in [0.25, 0.3) is 0 Å². The Labute approximate surface area is 103 Å². The van der Waals surface area contributed by atoms with E-state index < -0.39 is 0 Å². The first kappa shape index (κ1) is 11.5. The molecule has 2 heterocycles. The van der Waals surface area contributed by atoms with Crippen molar-refractivity contribution >= 4 is 17.6 Å². The Balaban J connectivity index is 2.40. The first-order valence-electron chi connectivity index (χ1n) is 4.92. The molecule has 3 N–H and O–H groups in total. The molecule has 0 saturated heterocycles. The van der Waals surface area contributed by atoms with Crippen molar-refractivity contribution in [3.8, 4) is 0 Å². The lowest BCUT2D eigenvalue weighted by molar-refractivity contribution is 1.03. The standard InChI is InChI=1S/C11H11N5S/c1-7-2-5-15-11(9(7)10(12)13)17-8-3-4-14-6-16-8/h2-6H,1H3,(H3,12,13). The zero-order chi connectivity index (χ0) is 12.3. The van der Waals surface area contributed by atoms with E-state index in [2.05, 4.69) is 15.0 Å². The van der Waals surface area contributed by atoms with Gasteiger partial charge in [-0.15, -0.1) is 0 Å². The highest BCUT2D eigenvalue weighted by molar-refractivity contribution is 7.99. The number of nitrogens with one attached hydrogen (secondary N) is 1. The van der Waals surface area contributed by atoms with Gasteiger partial charge in [0.25, 0.3) is 0 Å². The summed E-state index contributed by atoms with van der Waals surface area (Å²) in [5, 5.41) is 9.04. The molecule has 86 valence electrons. The topological polar surface area (TPSA) is 88.5 Å². The third-order valence-electron chi connectivity index (χ3n) is 2.15. The van der Waals surface area contributed by atoms with Crippen LogP contribution in [0, 0.1) is 12.3 Å². The number of nitrogens with two attached hydrogens (primary N) is 1. The van der Waals surface area contributed by atoms with Crippen LogP contribution < -0.4 is 5.73 Å². The Kier molecular flexibility index (Phi) is 3.34. The SMILES string of the molecule is Cc1ccnc(Sc2ccncn2)c1C(=N)N. The molecule has 0 unspecified atom stereocenters. The molecular weight excluding hydrogens is 234 g/mol. The van der Waals surface area contributed by atoms with Gasteiger partial charge in [-0.05, 0) is 36.4 Å². The summed E-state index contributed by atoms with van der Waals surface area (Å²) in [5.41, 5.74) is 7.16. The molecule has 2 aromatic rings. The van der Waals surface area contributed by atoms with Crippen molar-refractivity contribution in [2.24, 2.45) is 5.73 Å². The van der Waals surface area contributed by atoms with E-state index in [0.717, 1.165) is 10.6 Å². The summed E-state index contributed by atoms with van der Waals surface area (Å²) in [6.45, 7) is 1.91. The fraction of sp³-hybridized carbons (Fsp3) is 0.0909. The van der Waals surface area contributed by atoms with Gasteiger partial charge in [0, 0.05) is 12.4 Å². The fourth-order valence-corrected chi connectivity index (χ4v) is 2.29. The molecule has 2 rings (SSSR count). The lowest BCUT2D eigenvalue weighted by Gasteiger charge is -2.08. The molecular formula is C11H11N5S. The maximum absolute atomic E-state index is 7.57. The van der Waals surface area contributed by atoms with Crippen LogP contribution >= 0.6 is 11.8 Å². The number of rotatable bonds is 3. The minimum Gasteiger partial charge on any atom is -0.384 e. The smallest absolute Gasteiger partial charge is 0.125 e. The van der Waals surface area contributed by atoms with E-state index in [9.17, 15) is 0 Å². The lowest BCUT2D eigenvalue weighted by atomic mass is 10.1. The highest BCUT2D eigenvalue weighted by atomic mass is 32.2. The molecule has 0 aliphatic heterocycles. The number of nitrogens with zero attached hydrogens (tertiary/aromatic N) is 3. The zero-order valence-corrected chi connectivity index (χ0v) is 10.0. The molecule has 0 aromatic carbocycles. The van der Waals surface area contributed by atoms with E-state index in [1.807, 2.05) is 13.0 Å². The summed E-state index contributed by atoms with van der Waals surface area (Å²) in [4.78, 5) is 12.2. The van der Waals surface area contributed by atoms with E-state index >= 15 is 0 Å². The second-order valence-electron chi connectivity index (χ2n) is 3.37. The molecule has 0 bridgehead atoms. The molecule has 0 saturated carbocycles. The van der Waals surface area contributed by atoms with E-state index in [1.54, 1.807) is 18.5 Å². The molecule has 6 heteroatoms. The number of nitrogen functional groups attached to an aromatic ring is 1. The zero-order valence-electron chi connectivity index (χ0n) is 9.21. The van der Waals surface area contributed by atoms with Gasteiger partial charge in [-0.3, -0.25) is 5.41 Å². The van der Waals surface area contributed by atoms with Gasteiger partial charge in [0.15, 0.2) is 0 Å². The van der Waals surface area contributed by atoms with Gasteiger partial charge in [-0.1, -0.05) is 0 Å². The summed E-state index contributed by atoms with van der Waals surface area (Å²) >= 11 is 1.37. The summed E-state index contributed by atoms with van der Waals surface area (Å²) in [6, 6.07) is 3.62. The van der Waals surface area contributed by atoms with Crippen LogP contribution in [0.3, 0.4) is 0 Å². The predicted molar refractivity (Wildman–Crippen MR) is 66.1 cm³/mol. The van der Waals surface area contributed by atoms with Gasteiger partial charge in [-0.25, -0.2) is 15.0 Å².